The number of hydrogen-bond donors (Lipinski definition) is 2. The Morgan fingerprint density at radius 1 is 1.11 bits per heavy atom. The highest BCUT2D eigenvalue weighted by molar-refractivity contribution is 7.14. The first-order valence-electron chi connectivity index (χ1n) is 8.70. The largest absolute Gasteiger partial charge is 0.326 e. The van der Waals surface area contributed by atoms with E-state index in [1.165, 1.54) is 35.6 Å². The van der Waals surface area contributed by atoms with E-state index in [0.717, 1.165) is 16.0 Å². The molecule has 0 unspecified atom stereocenters. The van der Waals surface area contributed by atoms with Crippen LogP contribution >= 0.6 is 11.3 Å². The fourth-order valence-electron chi connectivity index (χ4n) is 3.19. The predicted molar refractivity (Wildman–Crippen MR) is 106 cm³/mol. The first-order chi connectivity index (χ1) is 13.4. The fourth-order valence-corrected chi connectivity index (χ4v) is 4.13. The molecular formula is C21H16F2N2O2S. The molecule has 2 N–H and O–H groups in total. The summed E-state index contributed by atoms with van der Waals surface area (Å²) in [6.45, 7) is 1.87. The molecule has 142 valence electrons. The van der Waals surface area contributed by atoms with Crippen molar-refractivity contribution in [2.75, 3.05) is 10.6 Å². The van der Waals surface area contributed by atoms with Crippen LogP contribution in [0.15, 0.2) is 42.5 Å². The highest BCUT2D eigenvalue weighted by Gasteiger charge is 2.20. The summed E-state index contributed by atoms with van der Waals surface area (Å²) < 4.78 is 27.5. The van der Waals surface area contributed by atoms with E-state index in [4.69, 9.17) is 0 Å². The Balaban J connectivity index is 1.59. The molecule has 7 heteroatoms. The number of aryl methyl sites for hydroxylation is 2. The van der Waals surface area contributed by atoms with Gasteiger partial charge >= 0.3 is 0 Å². The number of halogens is 2. The third kappa shape index (κ3) is 3.53. The minimum atomic E-state index is -0.546. The average molecular weight is 398 g/mol. The maximum Gasteiger partial charge on any atom is 0.265 e. The van der Waals surface area contributed by atoms with Gasteiger partial charge in [0.2, 0.25) is 5.91 Å². The molecule has 3 aromatic rings. The number of anilines is 2. The molecule has 0 fully saturated rings. The van der Waals surface area contributed by atoms with Gasteiger partial charge in [0.05, 0.1) is 10.6 Å². The van der Waals surface area contributed by atoms with E-state index in [-0.39, 0.29) is 17.4 Å². The molecular weight excluding hydrogens is 382 g/mol. The second-order valence-corrected chi connectivity index (χ2v) is 7.84. The van der Waals surface area contributed by atoms with Crippen LogP contribution in [0.1, 0.15) is 26.5 Å². The van der Waals surface area contributed by atoms with E-state index in [1.807, 2.05) is 6.92 Å². The van der Waals surface area contributed by atoms with Crippen molar-refractivity contribution in [2.45, 2.75) is 19.8 Å². The summed E-state index contributed by atoms with van der Waals surface area (Å²) in [6.07, 6.45) is 0.788. The van der Waals surface area contributed by atoms with E-state index >= 15 is 0 Å². The van der Waals surface area contributed by atoms with Crippen molar-refractivity contribution in [1.82, 2.24) is 0 Å². The lowest BCUT2D eigenvalue weighted by Gasteiger charge is -2.18. The number of carbonyl (C=O) groups is 2. The van der Waals surface area contributed by atoms with Crippen LogP contribution in [0, 0.1) is 18.6 Å². The number of amides is 2. The van der Waals surface area contributed by atoms with Gasteiger partial charge in [-0.25, -0.2) is 8.78 Å². The Labute approximate surface area is 164 Å². The van der Waals surface area contributed by atoms with Crippen molar-refractivity contribution < 1.29 is 18.4 Å². The summed E-state index contributed by atoms with van der Waals surface area (Å²) in [5.74, 6) is -1.45. The average Bonchev–Trinajstić information content (AvgIpc) is 3.05. The van der Waals surface area contributed by atoms with E-state index in [1.54, 1.807) is 18.2 Å². The molecule has 0 saturated carbocycles. The molecule has 2 heterocycles. The number of carbonyl (C=O) groups excluding carboxylic acids is 2. The SMILES string of the molecule is Cc1sc(C(=O)Nc2cc3c(cc2F)CCC(=O)N3)cc1-c1ccc(F)cc1. The Morgan fingerprint density at radius 2 is 1.86 bits per heavy atom. The molecule has 0 radical (unpaired) electrons. The van der Waals surface area contributed by atoms with E-state index in [0.29, 0.717) is 29.0 Å². The molecule has 1 aliphatic heterocycles. The lowest BCUT2D eigenvalue weighted by molar-refractivity contribution is -0.116. The summed E-state index contributed by atoms with van der Waals surface area (Å²) in [5, 5.41) is 5.27. The van der Waals surface area contributed by atoms with Crippen molar-refractivity contribution in [1.29, 1.82) is 0 Å². The zero-order chi connectivity index (χ0) is 19.8. The van der Waals surface area contributed by atoms with Crippen molar-refractivity contribution in [3.63, 3.8) is 0 Å². The maximum atomic E-state index is 14.4. The third-order valence-corrected chi connectivity index (χ3v) is 5.68. The molecule has 4 nitrogen and oxygen atoms in total. The highest BCUT2D eigenvalue weighted by atomic mass is 32.1. The quantitative estimate of drug-likeness (QED) is 0.642. The fraction of sp³-hybridized carbons (Fsp3) is 0.143. The van der Waals surface area contributed by atoms with Crippen LogP contribution in [0.5, 0.6) is 0 Å². The minimum absolute atomic E-state index is 0.0142. The molecule has 0 bridgehead atoms. The molecule has 2 amide bonds. The van der Waals surface area contributed by atoms with Crippen LogP contribution in [0.25, 0.3) is 11.1 Å². The highest BCUT2D eigenvalue weighted by Crippen LogP contribution is 2.33. The Morgan fingerprint density at radius 3 is 2.61 bits per heavy atom. The second-order valence-electron chi connectivity index (χ2n) is 6.58. The van der Waals surface area contributed by atoms with Gasteiger partial charge in [0.1, 0.15) is 11.6 Å². The molecule has 0 saturated heterocycles. The number of nitrogens with one attached hydrogen (secondary N) is 2. The summed E-state index contributed by atoms with van der Waals surface area (Å²) >= 11 is 1.28. The zero-order valence-corrected chi connectivity index (χ0v) is 15.8. The van der Waals surface area contributed by atoms with Gasteiger partial charge in [0, 0.05) is 17.0 Å². The van der Waals surface area contributed by atoms with E-state index in [9.17, 15) is 18.4 Å². The first-order valence-corrected chi connectivity index (χ1v) is 9.52. The van der Waals surface area contributed by atoms with Gasteiger partial charge < -0.3 is 10.6 Å². The monoisotopic (exact) mass is 398 g/mol. The minimum Gasteiger partial charge on any atom is -0.326 e. The topological polar surface area (TPSA) is 58.2 Å². The van der Waals surface area contributed by atoms with Gasteiger partial charge in [-0.05, 0) is 60.4 Å². The van der Waals surface area contributed by atoms with Crippen molar-refractivity contribution in [3.05, 3.63) is 69.4 Å². The van der Waals surface area contributed by atoms with Crippen LogP contribution < -0.4 is 10.6 Å². The number of fused-ring (bicyclic) bond motifs is 1. The van der Waals surface area contributed by atoms with E-state index in [2.05, 4.69) is 10.6 Å². The number of rotatable bonds is 3. The van der Waals surface area contributed by atoms with Crippen LogP contribution in [0.4, 0.5) is 20.2 Å². The van der Waals surface area contributed by atoms with Gasteiger partial charge in [0.25, 0.3) is 5.91 Å². The van der Waals surface area contributed by atoms with Crippen LogP contribution in [0.2, 0.25) is 0 Å². The molecule has 0 aliphatic carbocycles. The second kappa shape index (κ2) is 7.16. The van der Waals surface area contributed by atoms with Gasteiger partial charge in [-0.2, -0.15) is 0 Å². The predicted octanol–water partition coefficient (Wildman–Crippen LogP) is 5.14. The summed E-state index contributed by atoms with van der Waals surface area (Å²) in [4.78, 5) is 25.5. The maximum absolute atomic E-state index is 14.4. The molecule has 0 atom stereocenters. The Kier molecular flexibility index (Phi) is 4.68. The van der Waals surface area contributed by atoms with Gasteiger partial charge in [-0.1, -0.05) is 12.1 Å². The van der Waals surface area contributed by atoms with Gasteiger partial charge in [-0.3, -0.25) is 9.59 Å². The summed E-state index contributed by atoms with van der Waals surface area (Å²) in [6, 6.07) is 10.5. The number of benzene rings is 2. The third-order valence-electron chi connectivity index (χ3n) is 4.63. The standard InChI is InChI=1S/C21H16F2N2O2S/c1-11-15(12-2-5-14(22)6-3-12)9-19(28-11)21(27)25-18-10-17-13(8-16(18)23)4-7-20(26)24-17/h2-3,5-6,8-10H,4,7H2,1H3,(H,24,26)(H,25,27). The first kappa shape index (κ1) is 18.3. The summed E-state index contributed by atoms with van der Waals surface area (Å²) in [5.41, 5.74) is 2.87. The smallest absolute Gasteiger partial charge is 0.265 e. The van der Waals surface area contributed by atoms with Gasteiger partial charge in [0.15, 0.2) is 0 Å². The molecule has 1 aliphatic rings. The van der Waals surface area contributed by atoms with E-state index < -0.39 is 11.7 Å². The van der Waals surface area contributed by atoms with Crippen LogP contribution in [-0.4, -0.2) is 11.8 Å². The molecule has 0 spiro atoms. The van der Waals surface area contributed by atoms with Crippen molar-refractivity contribution >= 4 is 34.5 Å². The Hall–Kier alpha value is -3.06. The van der Waals surface area contributed by atoms with Crippen molar-refractivity contribution in [2.24, 2.45) is 0 Å². The lowest BCUT2D eigenvalue weighted by atomic mass is 10.0. The van der Waals surface area contributed by atoms with Crippen LogP contribution in [-0.2, 0) is 11.2 Å². The van der Waals surface area contributed by atoms with Gasteiger partial charge in [-0.15, -0.1) is 11.3 Å². The summed E-state index contributed by atoms with van der Waals surface area (Å²) in [7, 11) is 0. The zero-order valence-electron chi connectivity index (χ0n) is 14.9. The number of thiophene rings is 1. The molecule has 2 aromatic carbocycles. The molecule has 1 aromatic heterocycles. The van der Waals surface area contributed by atoms with Crippen molar-refractivity contribution in [3.8, 4) is 11.1 Å². The Bertz CT molecular complexity index is 1090. The van der Waals surface area contributed by atoms with Crippen LogP contribution in [0.3, 0.4) is 0 Å². The normalized spacial score (nSPS) is 13.0. The molecule has 28 heavy (non-hydrogen) atoms. The molecule has 4 rings (SSSR count). The number of hydrogen-bond acceptors (Lipinski definition) is 3. The lowest BCUT2D eigenvalue weighted by Crippen LogP contribution is -2.20.